The summed E-state index contributed by atoms with van der Waals surface area (Å²) in [6, 6.07) is 0.158. The summed E-state index contributed by atoms with van der Waals surface area (Å²) in [5.41, 5.74) is 5.51. The molecular formula is C12H15ClF3NO. The van der Waals surface area contributed by atoms with Crippen LogP contribution in [0.4, 0.5) is 13.2 Å². The number of halogens is 4. The van der Waals surface area contributed by atoms with Gasteiger partial charge >= 0.3 is 0 Å². The molecule has 2 atom stereocenters. The predicted octanol–water partition coefficient (Wildman–Crippen LogP) is 2.69. The third kappa shape index (κ3) is 2.79. The summed E-state index contributed by atoms with van der Waals surface area (Å²) in [4.78, 5) is 0. The molecule has 0 heterocycles. The van der Waals surface area contributed by atoms with Gasteiger partial charge in [-0.25, -0.2) is 13.2 Å². The topological polar surface area (TPSA) is 46.2 Å². The van der Waals surface area contributed by atoms with Gasteiger partial charge in [-0.1, -0.05) is 6.42 Å². The third-order valence-corrected chi connectivity index (χ3v) is 3.40. The fourth-order valence-electron chi connectivity index (χ4n) is 2.05. The fourth-order valence-corrected chi connectivity index (χ4v) is 2.05. The monoisotopic (exact) mass is 281 g/mol. The lowest BCUT2D eigenvalue weighted by Gasteiger charge is -2.33. The van der Waals surface area contributed by atoms with Crippen molar-refractivity contribution < 1.29 is 18.3 Å². The molecule has 0 saturated heterocycles. The first-order valence-corrected chi connectivity index (χ1v) is 5.59. The molecule has 1 aromatic carbocycles. The van der Waals surface area contributed by atoms with E-state index in [1.807, 2.05) is 0 Å². The highest BCUT2D eigenvalue weighted by Crippen LogP contribution is 2.35. The van der Waals surface area contributed by atoms with E-state index in [0.717, 1.165) is 25.3 Å². The third-order valence-electron chi connectivity index (χ3n) is 3.40. The first-order valence-electron chi connectivity index (χ1n) is 5.59. The van der Waals surface area contributed by atoms with Crippen LogP contribution in [-0.4, -0.2) is 11.2 Å². The van der Waals surface area contributed by atoms with Crippen LogP contribution in [-0.2, 0) is 0 Å². The highest BCUT2D eigenvalue weighted by atomic mass is 35.5. The lowest BCUT2D eigenvalue weighted by molar-refractivity contribution is 0.0403. The van der Waals surface area contributed by atoms with E-state index in [4.69, 9.17) is 5.73 Å². The number of nitrogens with two attached hydrogens (primary N) is 1. The van der Waals surface area contributed by atoms with Crippen molar-refractivity contribution >= 4 is 12.4 Å². The van der Waals surface area contributed by atoms with E-state index < -0.39 is 29.6 Å². The molecule has 0 aromatic heterocycles. The van der Waals surface area contributed by atoms with Gasteiger partial charge in [-0.15, -0.1) is 12.4 Å². The van der Waals surface area contributed by atoms with Crippen molar-refractivity contribution in [2.24, 2.45) is 11.7 Å². The molecule has 1 saturated carbocycles. The summed E-state index contributed by atoms with van der Waals surface area (Å²) in [5, 5.41) is 9.87. The number of aliphatic hydroxyl groups excluding tert-OH is 1. The van der Waals surface area contributed by atoms with E-state index in [2.05, 4.69) is 0 Å². The molecule has 2 rings (SSSR count). The van der Waals surface area contributed by atoms with Gasteiger partial charge in [0.2, 0.25) is 0 Å². The normalized spacial score (nSPS) is 18.7. The second-order valence-corrected chi connectivity index (χ2v) is 4.50. The van der Waals surface area contributed by atoms with Crippen LogP contribution >= 0.6 is 12.4 Å². The van der Waals surface area contributed by atoms with Gasteiger partial charge in [-0.05, 0) is 24.8 Å². The Hall–Kier alpha value is -0.780. The van der Waals surface area contributed by atoms with Crippen molar-refractivity contribution in [3.05, 3.63) is 35.1 Å². The van der Waals surface area contributed by atoms with Gasteiger partial charge < -0.3 is 10.8 Å². The Bertz CT molecular complexity index is 426. The lowest BCUT2D eigenvalue weighted by atomic mass is 9.77. The highest BCUT2D eigenvalue weighted by Gasteiger charge is 2.32. The molecule has 1 aromatic rings. The largest absolute Gasteiger partial charge is 0.391 e. The molecule has 1 aliphatic carbocycles. The van der Waals surface area contributed by atoms with Gasteiger partial charge in [0.05, 0.1) is 12.1 Å². The molecule has 1 aliphatic rings. The molecule has 102 valence electrons. The van der Waals surface area contributed by atoms with Gasteiger partial charge in [-0.2, -0.15) is 0 Å². The predicted molar refractivity (Wildman–Crippen MR) is 63.8 cm³/mol. The van der Waals surface area contributed by atoms with Gasteiger partial charge in [0.25, 0.3) is 0 Å². The summed E-state index contributed by atoms with van der Waals surface area (Å²) in [6.07, 6.45) is 1.76. The van der Waals surface area contributed by atoms with Crippen molar-refractivity contribution in [1.29, 1.82) is 0 Å². The summed E-state index contributed by atoms with van der Waals surface area (Å²) in [7, 11) is 0. The van der Waals surface area contributed by atoms with Crippen molar-refractivity contribution in [1.82, 2.24) is 0 Å². The summed E-state index contributed by atoms with van der Waals surface area (Å²) in [5.74, 6) is -3.30. The summed E-state index contributed by atoms with van der Waals surface area (Å²) >= 11 is 0. The molecule has 2 nitrogen and oxygen atoms in total. The smallest absolute Gasteiger partial charge is 0.161 e. The highest BCUT2D eigenvalue weighted by molar-refractivity contribution is 5.85. The van der Waals surface area contributed by atoms with Crippen LogP contribution in [0.3, 0.4) is 0 Å². The first kappa shape index (κ1) is 15.3. The minimum Gasteiger partial charge on any atom is -0.391 e. The van der Waals surface area contributed by atoms with Crippen LogP contribution in [0.15, 0.2) is 12.1 Å². The molecular weight excluding hydrogens is 267 g/mol. The molecule has 18 heavy (non-hydrogen) atoms. The summed E-state index contributed by atoms with van der Waals surface area (Å²) in [6.45, 7) is 0. The SMILES string of the molecule is Cl.N[C@H](c1cc(F)c(F)cc1F)[C@@H](O)C1CCC1. The van der Waals surface area contributed by atoms with E-state index in [9.17, 15) is 18.3 Å². The average molecular weight is 282 g/mol. The van der Waals surface area contributed by atoms with E-state index in [0.29, 0.717) is 6.07 Å². The maximum atomic E-state index is 13.4. The molecule has 0 radical (unpaired) electrons. The number of rotatable bonds is 3. The van der Waals surface area contributed by atoms with Crippen LogP contribution in [0.2, 0.25) is 0 Å². The number of benzene rings is 1. The second-order valence-electron chi connectivity index (χ2n) is 4.50. The van der Waals surface area contributed by atoms with E-state index >= 15 is 0 Å². The Labute approximate surface area is 109 Å². The van der Waals surface area contributed by atoms with Gasteiger partial charge in [0.15, 0.2) is 11.6 Å². The fraction of sp³-hybridized carbons (Fsp3) is 0.500. The van der Waals surface area contributed by atoms with Crippen molar-refractivity contribution in [2.45, 2.75) is 31.4 Å². The Kier molecular flexibility index (Phi) is 5.01. The van der Waals surface area contributed by atoms with Crippen molar-refractivity contribution in [3.8, 4) is 0 Å². The zero-order chi connectivity index (χ0) is 12.6. The van der Waals surface area contributed by atoms with E-state index in [1.54, 1.807) is 0 Å². The second kappa shape index (κ2) is 5.91. The quantitative estimate of drug-likeness (QED) is 0.837. The lowest BCUT2D eigenvalue weighted by Crippen LogP contribution is -2.37. The standard InChI is InChI=1S/C12H14F3NO.ClH/c13-8-5-10(15)9(14)4-7(8)11(16)12(17)6-2-1-3-6;/h4-6,11-12,17H,1-3,16H2;1H/t11-,12+;/m1./s1. The van der Waals surface area contributed by atoms with Crippen LogP contribution in [0.5, 0.6) is 0 Å². The van der Waals surface area contributed by atoms with Gasteiger partial charge in [0, 0.05) is 11.6 Å². The Morgan fingerprint density at radius 3 is 2.17 bits per heavy atom. The number of hydrogen-bond donors (Lipinski definition) is 2. The Morgan fingerprint density at radius 2 is 1.67 bits per heavy atom. The van der Waals surface area contributed by atoms with Crippen molar-refractivity contribution in [3.63, 3.8) is 0 Å². The van der Waals surface area contributed by atoms with Crippen LogP contribution in [0.25, 0.3) is 0 Å². The van der Waals surface area contributed by atoms with Crippen LogP contribution in [0.1, 0.15) is 30.9 Å². The molecule has 0 bridgehead atoms. The van der Waals surface area contributed by atoms with Crippen LogP contribution < -0.4 is 5.73 Å². The zero-order valence-electron chi connectivity index (χ0n) is 9.57. The summed E-state index contributed by atoms with van der Waals surface area (Å²) < 4.78 is 39.2. The van der Waals surface area contributed by atoms with Crippen LogP contribution in [0, 0.1) is 23.4 Å². The molecule has 1 fully saturated rings. The van der Waals surface area contributed by atoms with E-state index in [1.165, 1.54) is 0 Å². The Balaban J connectivity index is 0.00000162. The maximum Gasteiger partial charge on any atom is 0.161 e. The molecule has 0 aliphatic heterocycles. The first-order chi connectivity index (χ1) is 8.00. The zero-order valence-corrected chi connectivity index (χ0v) is 10.4. The Morgan fingerprint density at radius 1 is 1.11 bits per heavy atom. The minimum atomic E-state index is -1.25. The van der Waals surface area contributed by atoms with E-state index in [-0.39, 0.29) is 23.9 Å². The van der Waals surface area contributed by atoms with Crippen molar-refractivity contribution in [2.75, 3.05) is 0 Å². The van der Waals surface area contributed by atoms with Gasteiger partial charge in [0.1, 0.15) is 5.82 Å². The number of hydrogen-bond acceptors (Lipinski definition) is 2. The molecule has 0 unspecified atom stereocenters. The average Bonchev–Trinajstić information content (AvgIpc) is 2.20. The molecule has 0 spiro atoms. The maximum absolute atomic E-state index is 13.4. The molecule has 6 heteroatoms. The van der Waals surface area contributed by atoms with Gasteiger partial charge in [-0.3, -0.25) is 0 Å². The minimum absolute atomic E-state index is 0. The number of aliphatic hydroxyl groups is 1. The molecule has 3 N–H and O–H groups in total. The molecule has 0 amide bonds.